The summed E-state index contributed by atoms with van der Waals surface area (Å²) < 4.78 is 13.0. The molecule has 1 saturated heterocycles. The molecule has 1 unspecified atom stereocenters. The van der Waals surface area contributed by atoms with Gasteiger partial charge in [0.1, 0.15) is 17.3 Å². The maximum atomic E-state index is 12.6. The average Bonchev–Trinajstić information content (AvgIpc) is 3.04. The quantitative estimate of drug-likeness (QED) is 0.849. The molecule has 1 amide bonds. The zero-order valence-electron chi connectivity index (χ0n) is 13.7. The van der Waals surface area contributed by atoms with Gasteiger partial charge in [0.05, 0.1) is 12.3 Å². The van der Waals surface area contributed by atoms with Gasteiger partial charge in [0.25, 0.3) is 5.91 Å². The number of carbonyl (C=O) groups is 1. The van der Waals surface area contributed by atoms with Gasteiger partial charge in [0, 0.05) is 26.1 Å². The van der Waals surface area contributed by atoms with E-state index < -0.39 is 6.10 Å². The Morgan fingerprint density at radius 2 is 1.96 bits per heavy atom. The van der Waals surface area contributed by atoms with Crippen molar-refractivity contribution >= 4 is 11.7 Å². The Kier molecular flexibility index (Phi) is 4.23. The van der Waals surface area contributed by atoms with Crippen LogP contribution in [0.4, 0.5) is 5.82 Å². The Balaban J connectivity index is 1.68. The minimum atomic E-state index is -0.455. The molecule has 6 nitrogen and oxygen atoms in total. The van der Waals surface area contributed by atoms with E-state index in [1.165, 1.54) is 0 Å². The van der Waals surface area contributed by atoms with Crippen molar-refractivity contribution < 1.29 is 14.3 Å². The lowest BCUT2D eigenvalue weighted by Gasteiger charge is -2.17. The standard InChI is InChI=1S/C17H21N3O3/c1-4-22-13-5-7-14(8-6-13)23-15-9-10-20(17(15)21)16-11-12(2)18-19(16)3/h5-8,11,15H,4,9-10H2,1-3H3. The molecule has 0 saturated carbocycles. The van der Waals surface area contributed by atoms with Gasteiger partial charge >= 0.3 is 0 Å². The number of nitrogens with zero attached hydrogens (tertiary/aromatic N) is 3. The maximum Gasteiger partial charge on any atom is 0.269 e. The van der Waals surface area contributed by atoms with Crippen LogP contribution in [-0.2, 0) is 11.8 Å². The zero-order chi connectivity index (χ0) is 16.4. The van der Waals surface area contributed by atoms with E-state index >= 15 is 0 Å². The van der Waals surface area contributed by atoms with Crippen LogP contribution in [0.25, 0.3) is 0 Å². The average molecular weight is 315 g/mol. The summed E-state index contributed by atoms with van der Waals surface area (Å²) in [5, 5.41) is 4.29. The number of rotatable bonds is 5. The van der Waals surface area contributed by atoms with E-state index in [1.54, 1.807) is 9.58 Å². The third-order valence-electron chi connectivity index (χ3n) is 3.82. The lowest BCUT2D eigenvalue weighted by atomic mass is 10.3. The van der Waals surface area contributed by atoms with Crippen molar-refractivity contribution in [2.24, 2.45) is 7.05 Å². The van der Waals surface area contributed by atoms with Gasteiger partial charge in [-0.15, -0.1) is 0 Å². The van der Waals surface area contributed by atoms with Gasteiger partial charge in [0.15, 0.2) is 6.10 Å². The van der Waals surface area contributed by atoms with Crippen molar-refractivity contribution in [3.05, 3.63) is 36.0 Å². The predicted octanol–water partition coefficient (Wildman–Crippen LogP) is 2.31. The lowest BCUT2D eigenvalue weighted by Crippen LogP contribution is -2.33. The van der Waals surface area contributed by atoms with E-state index in [4.69, 9.17) is 9.47 Å². The van der Waals surface area contributed by atoms with Crippen LogP contribution in [0.1, 0.15) is 19.0 Å². The molecule has 1 fully saturated rings. The smallest absolute Gasteiger partial charge is 0.269 e. The summed E-state index contributed by atoms with van der Waals surface area (Å²) in [6, 6.07) is 9.27. The van der Waals surface area contributed by atoms with Gasteiger partial charge in [-0.3, -0.25) is 14.4 Å². The molecule has 1 atom stereocenters. The SMILES string of the molecule is CCOc1ccc(OC2CCN(c3cc(C)nn3C)C2=O)cc1. The largest absolute Gasteiger partial charge is 0.494 e. The summed E-state index contributed by atoms with van der Waals surface area (Å²) in [5.41, 5.74) is 0.895. The Morgan fingerprint density at radius 1 is 1.26 bits per heavy atom. The van der Waals surface area contributed by atoms with E-state index in [0.717, 1.165) is 17.3 Å². The van der Waals surface area contributed by atoms with Gasteiger partial charge in [-0.2, -0.15) is 5.10 Å². The maximum absolute atomic E-state index is 12.6. The summed E-state index contributed by atoms with van der Waals surface area (Å²) in [5.74, 6) is 2.26. The summed E-state index contributed by atoms with van der Waals surface area (Å²) in [6.45, 7) is 5.12. The Hall–Kier alpha value is -2.50. The number of hydrogen-bond donors (Lipinski definition) is 0. The topological polar surface area (TPSA) is 56.6 Å². The molecule has 1 aromatic heterocycles. The van der Waals surface area contributed by atoms with Gasteiger partial charge in [0.2, 0.25) is 0 Å². The summed E-state index contributed by atoms with van der Waals surface area (Å²) in [4.78, 5) is 14.3. The first-order chi connectivity index (χ1) is 11.1. The number of carbonyl (C=O) groups excluding carboxylic acids is 1. The van der Waals surface area contributed by atoms with E-state index in [0.29, 0.717) is 25.3 Å². The van der Waals surface area contributed by atoms with Crippen LogP contribution in [0.2, 0.25) is 0 Å². The van der Waals surface area contributed by atoms with Crippen molar-refractivity contribution in [2.75, 3.05) is 18.1 Å². The third-order valence-corrected chi connectivity index (χ3v) is 3.82. The van der Waals surface area contributed by atoms with Gasteiger partial charge in [-0.1, -0.05) is 0 Å². The highest BCUT2D eigenvalue weighted by atomic mass is 16.5. The Bertz CT molecular complexity index is 694. The normalized spacial score (nSPS) is 17.6. The molecule has 6 heteroatoms. The minimum Gasteiger partial charge on any atom is -0.494 e. The van der Waals surface area contributed by atoms with E-state index in [2.05, 4.69) is 5.10 Å². The first-order valence-corrected chi connectivity index (χ1v) is 7.80. The highest BCUT2D eigenvalue weighted by molar-refractivity contribution is 5.98. The molecule has 23 heavy (non-hydrogen) atoms. The predicted molar refractivity (Wildman–Crippen MR) is 86.9 cm³/mol. The molecule has 1 aromatic carbocycles. The van der Waals surface area contributed by atoms with Crippen molar-refractivity contribution in [3.8, 4) is 11.5 Å². The highest BCUT2D eigenvalue weighted by Gasteiger charge is 2.35. The molecule has 122 valence electrons. The molecule has 0 bridgehead atoms. The Morgan fingerprint density at radius 3 is 2.57 bits per heavy atom. The van der Waals surface area contributed by atoms with Crippen molar-refractivity contribution in [1.82, 2.24) is 9.78 Å². The van der Waals surface area contributed by atoms with Crippen LogP contribution in [0.3, 0.4) is 0 Å². The Labute approximate surface area is 135 Å². The van der Waals surface area contributed by atoms with Gasteiger partial charge in [-0.25, -0.2) is 0 Å². The van der Waals surface area contributed by atoms with Crippen LogP contribution in [0.15, 0.2) is 30.3 Å². The molecular weight excluding hydrogens is 294 g/mol. The summed E-state index contributed by atoms with van der Waals surface area (Å²) >= 11 is 0. The molecule has 3 rings (SSSR count). The second kappa shape index (κ2) is 6.32. The van der Waals surface area contributed by atoms with Crippen LogP contribution in [0.5, 0.6) is 11.5 Å². The zero-order valence-corrected chi connectivity index (χ0v) is 13.7. The first-order valence-electron chi connectivity index (χ1n) is 7.80. The van der Waals surface area contributed by atoms with E-state index in [-0.39, 0.29) is 5.91 Å². The van der Waals surface area contributed by atoms with Gasteiger partial charge in [-0.05, 0) is 38.1 Å². The van der Waals surface area contributed by atoms with Crippen LogP contribution < -0.4 is 14.4 Å². The van der Waals surface area contributed by atoms with Crippen LogP contribution in [0, 0.1) is 6.92 Å². The summed E-state index contributed by atoms with van der Waals surface area (Å²) in [7, 11) is 1.84. The van der Waals surface area contributed by atoms with Crippen molar-refractivity contribution in [3.63, 3.8) is 0 Å². The fourth-order valence-corrected chi connectivity index (χ4v) is 2.79. The third kappa shape index (κ3) is 3.16. The number of anilines is 1. The minimum absolute atomic E-state index is 0.0260. The molecule has 0 N–H and O–H groups in total. The number of aromatic nitrogens is 2. The van der Waals surface area contributed by atoms with E-state index in [9.17, 15) is 4.79 Å². The fourth-order valence-electron chi connectivity index (χ4n) is 2.79. The van der Waals surface area contributed by atoms with Crippen LogP contribution in [-0.4, -0.2) is 34.9 Å². The number of hydrogen-bond acceptors (Lipinski definition) is 4. The van der Waals surface area contributed by atoms with E-state index in [1.807, 2.05) is 51.2 Å². The monoisotopic (exact) mass is 315 g/mol. The number of benzene rings is 1. The second-order valence-corrected chi connectivity index (χ2v) is 5.56. The molecule has 1 aliphatic rings. The van der Waals surface area contributed by atoms with Crippen LogP contribution >= 0.6 is 0 Å². The molecule has 0 radical (unpaired) electrons. The molecule has 0 spiro atoms. The first kappa shape index (κ1) is 15.4. The molecule has 1 aliphatic heterocycles. The summed E-state index contributed by atoms with van der Waals surface area (Å²) in [6.07, 6.45) is 0.208. The molecule has 2 aromatic rings. The molecule has 2 heterocycles. The second-order valence-electron chi connectivity index (χ2n) is 5.56. The van der Waals surface area contributed by atoms with Crippen molar-refractivity contribution in [2.45, 2.75) is 26.4 Å². The molecular formula is C17H21N3O3. The number of aryl methyl sites for hydroxylation is 2. The lowest BCUT2D eigenvalue weighted by molar-refractivity contribution is -0.122. The number of amides is 1. The molecule has 0 aliphatic carbocycles. The fraction of sp³-hybridized carbons (Fsp3) is 0.412. The highest BCUT2D eigenvalue weighted by Crippen LogP contribution is 2.26. The van der Waals surface area contributed by atoms with Gasteiger partial charge < -0.3 is 9.47 Å². The van der Waals surface area contributed by atoms with Crippen molar-refractivity contribution in [1.29, 1.82) is 0 Å². The number of ether oxygens (including phenoxy) is 2.